The number of nitrogens with one attached hydrogen (secondary N) is 1. The fourth-order valence-corrected chi connectivity index (χ4v) is 2.42. The number of carbonyl (C=O) groups is 1. The van der Waals surface area contributed by atoms with Crippen molar-refractivity contribution in [3.63, 3.8) is 0 Å². The molecule has 0 aliphatic rings. The minimum atomic E-state index is -0.523. The van der Waals surface area contributed by atoms with E-state index in [0.29, 0.717) is 22.8 Å². The summed E-state index contributed by atoms with van der Waals surface area (Å²) in [7, 11) is 0. The van der Waals surface area contributed by atoms with E-state index in [2.05, 4.69) is 5.32 Å². The molecule has 0 radical (unpaired) electrons. The summed E-state index contributed by atoms with van der Waals surface area (Å²) in [5.41, 5.74) is 2.02. The maximum Gasteiger partial charge on any atom is 0.266 e. The van der Waals surface area contributed by atoms with Gasteiger partial charge in [-0.25, -0.2) is 4.39 Å². The molecule has 0 aliphatic carbocycles. The summed E-state index contributed by atoms with van der Waals surface area (Å²) in [6, 6.07) is 18.4. The lowest BCUT2D eigenvalue weighted by atomic mass is 10.1. The monoisotopic (exact) mass is 346 g/mol. The zero-order valence-electron chi connectivity index (χ0n) is 14.0. The number of hydrogen-bond acceptors (Lipinski definition) is 3. The van der Waals surface area contributed by atoms with Gasteiger partial charge in [0.2, 0.25) is 0 Å². The first-order chi connectivity index (χ1) is 12.6. The van der Waals surface area contributed by atoms with E-state index in [1.165, 1.54) is 18.2 Å². The molecule has 128 valence electrons. The number of anilines is 1. The van der Waals surface area contributed by atoms with E-state index in [4.69, 9.17) is 4.42 Å². The molecular formula is C21H15FN2O2. The number of halogens is 1. The van der Waals surface area contributed by atoms with Crippen LogP contribution in [0.1, 0.15) is 11.3 Å². The lowest BCUT2D eigenvalue weighted by Gasteiger charge is -2.06. The van der Waals surface area contributed by atoms with E-state index in [0.717, 1.165) is 5.56 Å². The molecule has 1 amide bonds. The lowest BCUT2D eigenvalue weighted by molar-refractivity contribution is -0.112. The van der Waals surface area contributed by atoms with Crippen molar-refractivity contribution in [1.82, 2.24) is 0 Å². The number of amides is 1. The summed E-state index contributed by atoms with van der Waals surface area (Å²) < 4.78 is 18.9. The van der Waals surface area contributed by atoms with Crippen LogP contribution in [0.15, 0.2) is 70.7 Å². The molecule has 0 unspecified atom stereocenters. The number of nitrogens with zero attached hydrogens (tertiary/aromatic N) is 1. The van der Waals surface area contributed by atoms with Crippen molar-refractivity contribution in [3.8, 4) is 17.4 Å². The largest absolute Gasteiger partial charge is 0.457 e. The quantitative estimate of drug-likeness (QED) is 0.537. The van der Waals surface area contributed by atoms with Gasteiger partial charge in [-0.05, 0) is 42.8 Å². The Balaban J connectivity index is 1.82. The van der Waals surface area contributed by atoms with Crippen molar-refractivity contribution in [3.05, 3.63) is 83.4 Å². The Hall–Kier alpha value is -3.65. The Bertz CT molecular complexity index is 1030. The molecule has 3 rings (SSSR count). The smallest absolute Gasteiger partial charge is 0.266 e. The number of para-hydroxylation sites is 1. The van der Waals surface area contributed by atoms with Gasteiger partial charge in [0, 0.05) is 17.3 Å². The van der Waals surface area contributed by atoms with Gasteiger partial charge in [-0.1, -0.05) is 30.3 Å². The predicted octanol–water partition coefficient (Wildman–Crippen LogP) is 4.94. The molecule has 0 atom stereocenters. The van der Waals surface area contributed by atoms with E-state index in [1.54, 1.807) is 36.4 Å². The third-order valence-corrected chi connectivity index (χ3v) is 3.78. The summed E-state index contributed by atoms with van der Waals surface area (Å²) in [5.74, 6) is -0.107. The number of carbonyl (C=O) groups excluding carboxylic acids is 1. The van der Waals surface area contributed by atoms with E-state index >= 15 is 0 Å². The minimum absolute atomic E-state index is 0.0894. The highest BCUT2D eigenvalue weighted by Gasteiger charge is 2.12. The van der Waals surface area contributed by atoms with Crippen LogP contribution in [0.2, 0.25) is 0 Å². The highest BCUT2D eigenvalue weighted by molar-refractivity contribution is 6.09. The SMILES string of the molecule is Cc1ccccc1NC(=O)/C(C#N)=C/c1ccc(-c2cccc(F)c2)o1. The fraction of sp³-hybridized carbons (Fsp3) is 0.0476. The number of hydrogen-bond donors (Lipinski definition) is 1. The van der Waals surface area contributed by atoms with Crippen LogP contribution in [-0.2, 0) is 4.79 Å². The third kappa shape index (κ3) is 3.87. The second kappa shape index (κ2) is 7.49. The van der Waals surface area contributed by atoms with Gasteiger partial charge in [-0.2, -0.15) is 5.26 Å². The summed E-state index contributed by atoms with van der Waals surface area (Å²) in [4.78, 5) is 12.3. The van der Waals surface area contributed by atoms with Gasteiger partial charge in [0.15, 0.2) is 0 Å². The van der Waals surface area contributed by atoms with Gasteiger partial charge in [0.25, 0.3) is 5.91 Å². The molecule has 1 N–H and O–H groups in total. The molecular weight excluding hydrogens is 331 g/mol. The van der Waals surface area contributed by atoms with Gasteiger partial charge in [-0.3, -0.25) is 4.79 Å². The molecule has 3 aromatic rings. The Morgan fingerprint density at radius 1 is 1.15 bits per heavy atom. The van der Waals surface area contributed by atoms with E-state index in [1.807, 2.05) is 25.1 Å². The fourth-order valence-electron chi connectivity index (χ4n) is 2.42. The van der Waals surface area contributed by atoms with Crippen LogP contribution < -0.4 is 5.32 Å². The molecule has 0 saturated carbocycles. The maximum atomic E-state index is 13.3. The number of furan rings is 1. The van der Waals surface area contributed by atoms with Crippen LogP contribution in [0.3, 0.4) is 0 Å². The number of nitriles is 1. The minimum Gasteiger partial charge on any atom is -0.457 e. The van der Waals surface area contributed by atoms with Crippen LogP contribution in [0, 0.1) is 24.1 Å². The van der Waals surface area contributed by atoms with Gasteiger partial charge in [0.1, 0.15) is 29.0 Å². The van der Waals surface area contributed by atoms with Crippen molar-refractivity contribution in [2.45, 2.75) is 6.92 Å². The van der Waals surface area contributed by atoms with E-state index < -0.39 is 5.91 Å². The second-order valence-electron chi connectivity index (χ2n) is 5.65. The van der Waals surface area contributed by atoms with E-state index in [-0.39, 0.29) is 11.4 Å². The van der Waals surface area contributed by atoms with Crippen LogP contribution in [0.5, 0.6) is 0 Å². The van der Waals surface area contributed by atoms with Crippen LogP contribution in [-0.4, -0.2) is 5.91 Å². The van der Waals surface area contributed by atoms with Crippen molar-refractivity contribution in [1.29, 1.82) is 5.26 Å². The number of aryl methyl sites for hydroxylation is 1. The zero-order chi connectivity index (χ0) is 18.5. The first-order valence-corrected chi connectivity index (χ1v) is 7.91. The van der Waals surface area contributed by atoms with Crippen molar-refractivity contribution < 1.29 is 13.6 Å². The molecule has 2 aromatic carbocycles. The predicted molar refractivity (Wildman–Crippen MR) is 97.5 cm³/mol. The zero-order valence-corrected chi connectivity index (χ0v) is 14.0. The normalized spacial score (nSPS) is 11.0. The Morgan fingerprint density at radius 2 is 1.96 bits per heavy atom. The molecule has 4 nitrogen and oxygen atoms in total. The topological polar surface area (TPSA) is 66.0 Å². The maximum absolute atomic E-state index is 13.3. The number of benzene rings is 2. The Labute approximate surface area is 150 Å². The highest BCUT2D eigenvalue weighted by Crippen LogP contribution is 2.24. The Morgan fingerprint density at radius 3 is 2.69 bits per heavy atom. The van der Waals surface area contributed by atoms with Gasteiger partial charge in [-0.15, -0.1) is 0 Å². The molecule has 0 aliphatic heterocycles. The highest BCUT2D eigenvalue weighted by atomic mass is 19.1. The van der Waals surface area contributed by atoms with Crippen molar-refractivity contribution in [2.75, 3.05) is 5.32 Å². The van der Waals surface area contributed by atoms with Gasteiger partial charge in [0.05, 0.1) is 0 Å². The molecule has 0 spiro atoms. The molecule has 0 bridgehead atoms. The van der Waals surface area contributed by atoms with E-state index in [9.17, 15) is 14.4 Å². The van der Waals surface area contributed by atoms with Crippen LogP contribution >= 0.6 is 0 Å². The number of rotatable bonds is 4. The third-order valence-electron chi connectivity index (χ3n) is 3.78. The average Bonchev–Trinajstić information content (AvgIpc) is 3.10. The summed E-state index contributed by atoms with van der Waals surface area (Å²) in [6.45, 7) is 1.86. The summed E-state index contributed by atoms with van der Waals surface area (Å²) in [6.07, 6.45) is 1.36. The Kier molecular flexibility index (Phi) is 4.95. The standard InChI is InChI=1S/C21H15FN2O2/c1-14-5-2-3-8-19(14)24-21(25)16(13-23)12-18-9-10-20(26-18)15-6-4-7-17(22)11-15/h2-12H,1H3,(H,24,25)/b16-12+. The molecule has 5 heteroatoms. The van der Waals surface area contributed by atoms with Crippen molar-refractivity contribution >= 4 is 17.7 Å². The summed E-state index contributed by atoms with van der Waals surface area (Å²) >= 11 is 0. The molecule has 1 heterocycles. The molecule has 0 fully saturated rings. The lowest BCUT2D eigenvalue weighted by Crippen LogP contribution is -2.14. The first-order valence-electron chi connectivity index (χ1n) is 7.91. The molecule has 26 heavy (non-hydrogen) atoms. The molecule has 1 aromatic heterocycles. The van der Waals surface area contributed by atoms with Gasteiger partial charge < -0.3 is 9.73 Å². The summed E-state index contributed by atoms with van der Waals surface area (Å²) in [5, 5.41) is 12.0. The van der Waals surface area contributed by atoms with Gasteiger partial charge >= 0.3 is 0 Å². The van der Waals surface area contributed by atoms with Crippen LogP contribution in [0.4, 0.5) is 10.1 Å². The first kappa shape index (κ1) is 17.2. The van der Waals surface area contributed by atoms with Crippen molar-refractivity contribution in [2.24, 2.45) is 0 Å². The average molecular weight is 346 g/mol. The van der Waals surface area contributed by atoms with Crippen LogP contribution in [0.25, 0.3) is 17.4 Å². The second-order valence-corrected chi connectivity index (χ2v) is 5.65. The molecule has 0 saturated heterocycles.